The second-order valence-electron chi connectivity index (χ2n) is 9.19. The van der Waals surface area contributed by atoms with Gasteiger partial charge in [0.1, 0.15) is 4.90 Å². The first-order chi connectivity index (χ1) is 18.2. The number of halogens is 2. The number of anilines is 3. The molecule has 1 unspecified atom stereocenters. The molecule has 194 valence electrons. The van der Waals surface area contributed by atoms with E-state index in [1.165, 1.54) is 5.56 Å². The van der Waals surface area contributed by atoms with E-state index in [2.05, 4.69) is 82.9 Å². The summed E-state index contributed by atoms with van der Waals surface area (Å²) in [5, 5.41) is 7.08. The van der Waals surface area contributed by atoms with E-state index in [0.29, 0.717) is 14.6 Å². The molecule has 4 aromatic rings. The fourth-order valence-electron chi connectivity index (χ4n) is 4.38. The van der Waals surface area contributed by atoms with Crippen LogP contribution in [-0.4, -0.2) is 28.2 Å². The van der Waals surface area contributed by atoms with Gasteiger partial charge < -0.3 is 4.90 Å². The van der Waals surface area contributed by atoms with Gasteiger partial charge in [-0.2, -0.15) is 5.10 Å². The third-order valence-electron chi connectivity index (χ3n) is 6.38. The summed E-state index contributed by atoms with van der Waals surface area (Å²) in [4.78, 5) is 2.25. The van der Waals surface area contributed by atoms with Gasteiger partial charge in [0.15, 0.2) is 0 Å². The average Bonchev–Trinajstić information content (AvgIpc) is 3.36. The maximum atomic E-state index is 13.0. The Morgan fingerprint density at radius 1 is 0.895 bits per heavy atom. The van der Waals surface area contributed by atoms with Gasteiger partial charge in [-0.3, -0.25) is 9.73 Å². The Labute approximate surface area is 240 Å². The molecule has 1 aliphatic heterocycles. The first kappa shape index (κ1) is 26.5. The molecule has 1 N–H and O–H groups in total. The van der Waals surface area contributed by atoms with E-state index in [4.69, 9.17) is 5.10 Å². The lowest BCUT2D eigenvalue weighted by molar-refractivity contribution is 0.600. The SMILES string of the molecule is CN(C)c1ccc(C2CC(c3ccc(NS(=O)(=O)c4cc(Br)ccc4Br)cc3)=NN2c2ccccc2)cc1. The van der Waals surface area contributed by atoms with Crippen LogP contribution in [0.5, 0.6) is 0 Å². The number of hydrazone groups is 1. The summed E-state index contributed by atoms with van der Waals surface area (Å²) in [5.41, 5.74) is 5.72. The molecule has 0 aromatic heterocycles. The third-order valence-corrected chi connectivity index (χ3v) is 9.25. The highest BCUT2D eigenvalue weighted by Crippen LogP contribution is 2.37. The molecule has 5 rings (SSSR count). The number of sulfonamides is 1. The molecular weight excluding hydrogens is 628 g/mol. The highest BCUT2D eigenvalue weighted by atomic mass is 79.9. The van der Waals surface area contributed by atoms with Crippen LogP contribution in [0, 0.1) is 0 Å². The lowest BCUT2D eigenvalue weighted by Gasteiger charge is -2.24. The summed E-state index contributed by atoms with van der Waals surface area (Å²) in [6, 6.07) is 31.2. The van der Waals surface area contributed by atoms with Crippen molar-refractivity contribution in [2.75, 3.05) is 28.7 Å². The van der Waals surface area contributed by atoms with Crippen molar-refractivity contribution >= 4 is 64.7 Å². The number of hydrogen-bond donors (Lipinski definition) is 1. The Hall–Kier alpha value is -3.14. The van der Waals surface area contributed by atoms with Crippen LogP contribution in [-0.2, 0) is 10.0 Å². The molecule has 9 heteroatoms. The van der Waals surface area contributed by atoms with E-state index in [0.717, 1.165) is 29.1 Å². The van der Waals surface area contributed by atoms with Crippen molar-refractivity contribution in [1.82, 2.24) is 0 Å². The van der Waals surface area contributed by atoms with Crippen molar-refractivity contribution in [2.24, 2.45) is 5.10 Å². The predicted octanol–water partition coefficient (Wildman–Crippen LogP) is 7.43. The number of para-hydroxylation sites is 1. The fraction of sp³-hybridized carbons (Fsp3) is 0.138. The monoisotopic (exact) mass is 652 g/mol. The van der Waals surface area contributed by atoms with Crippen molar-refractivity contribution in [3.63, 3.8) is 0 Å². The van der Waals surface area contributed by atoms with Gasteiger partial charge in [-0.05, 0) is 81.7 Å². The van der Waals surface area contributed by atoms with Crippen LogP contribution in [0.15, 0.2) is 116 Å². The molecular formula is C29H26Br2N4O2S. The minimum absolute atomic E-state index is 0.0515. The summed E-state index contributed by atoms with van der Waals surface area (Å²) in [6.07, 6.45) is 0.728. The summed E-state index contributed by atoms with van der Waals surface area (Å²) >= 11 is 6.68. The average molecular weight is 654 g/mol. The number of nitrogens with zero attached hydrogens (tertiary/aromatic N) is 3. The van der Waals surface area contributed by atoms with Gasteiger partial charge in [0.25, 0.3) is 10.0 Å². The molecule has 1 atom stereocenters. The van der Waals surface area contributed by atoms with Gasteiger partial charge in [-0.25, -0.2) is 8.42 Å². The highest BCUT2D eigenvalue weighted by molar-refractivity contribution is 9.11. The summed E-state index contributed by atoms with van der Waals surface area (Å²) in [6.45, 7) is 0. The molecule has 0 spiro atoms. The smallest absolute Gasteiger partial charge is 0.263 e. The Morgan fingerprint density at radius 3 is 2.24 bits per heavy atom. The minimum atomic E-state index is -3.77. The normalized spacial score (nSPS) is 15.3. The van der Waals surface area contributed by atoms with E-state index in [1.54, 1.807) is 30.3 Å². The first-order valence-corrected chi connectivity index (χ1v) is 15.1. The van der Waals surface area contributed by atoms with Crippen LogP contribution < -0.4 is 14.6 Å². The second-order valence-corrected chi connectivity index (χ2v) is 12.6. The molecule has 0 bridgehead atoms. The van der Waals surface area contributed by atoms with E-state index in [9.17, 15) is 8.42 Å². The van der Waals surface area contributed by atoms with E-state index in [1.807, 2.05) is 44.4 Å². The highest BCUT2D eigenvalue weighted by Gasteiger charge is 2.30. The number of hydrogen-bond acceptors (Lipinski definition) is 5. The lowest BCUT2D eigenvalue weighted by Crippen LogP contribution is -2.18. The minimum Gasteiger partial charge on any atom is -0.378 e. The van der Waals surface area contributed by atoms with Gasteiger partial charge in [0.2, 0.25) is 0 Å². The molecule has 1 heterocycles. The Kier molecular flexibility index (Phi) is 7.61. The number of benzene rings is 4. The fourth-order valence-corrected chi connectivity index (χ4v) is 6.94. The van der Waals surface area contributed by atoms with Crippen LogP contribution in [0.2, 0.25) is 0 Å². The van der Waals surface area contributed by atoms with E-state index < -0.39 is 10.0 Å². The molecule has 0 saturated carbocycles. The van der Waals surface area contributed by atoms with Gasteiger partial charge in [-0.15, -0.1) is 0 Å². The zero-order valence-corrected chi connectivity index (χ0v) is 24.8. The van der Waals surface area contributed by atoms with Gasteiger partial charge in [0.05, 0.1) is 17.4 Å². The molecule has 0 saturated heterocycles. The maximum absolute atomic E-state index is 13.0. The third kappa shape index (κ3) is 5.65. The molecule has 4 aromatic carbocycles. The standard InChI is InChI=1S/C29H26Br2N4O2S/c1-34(2)24-15-10-21(11-16-24)28-19-27(32-35(28)25-6-4-3-5-7-25)20-8-13-23(14-9-20)33-38(36,37)29-18-22(30)12-17-26(29)31/h3-18,28,33H,19H2,1-2H3. The van der Waals surface area contributed by atoms with Crippen molar-refractivity contribution in [2.45, 2.75) is 17.4 Å². The molecule has 0 fully saturated rings. The Morgan fingerprint density at radius 2 is 1.58 bits per heavy atom. The van der Waals surface area contributed by atoms with Crippen LogP contribution >= 0.6 is 31.9 Å². The van der Waals surface area contributed by atoms with Crippen LogP contribution in [0.25, 0.3) is 0 Å². The summed E-state index contributed by atoms with van der Waals surface area (Å²) < 4.78 is 29.8. The second kappa shape index (κ2) is 10.9. The summed E-state index contributed by atoms with van der Waals surface area (Å²) in [7, 11) is 0.296. The van der Waals surface area contributed by atoms with Crippen molar-refractivity contribution in [3.8, 4) is 0 Å². The largest absolute Gasteiger partial charge is 0.378 e. The summed E-state index contributed by atoms with van der Waals surface area (Å²) in [5.74, 6) is 0. The molecule has 0 aliphatic carbocycles. The maximum Gasteiger partial charge on any atom is 0.263 e. The quantitative estimate of drug-likeness (QED) is 0.225. The molecule has 38 heavy (non-hydrogen) atoms. The van der Waals surface area contributed by atoms with Gasteiger partial charge in [-0.1, -0.05) is 58.4 Å². The molecule has 0 amide bonds. The van der Waals surface area contributed by atoms with Gasteiger partial charge >= 0.3 is 0 Å². The number of rotatable bonds is 7. The van der Waals surface area contributed by atoms with E-state index >= 15 is 0 Å². The van der Waals surface area contributed by atoms with Crippen molar-refractivity contribution in [1.29, 1.82) is 0 Å². The van der Waals surface area contributed by atoms with Crippen LogP contribution in [0.4, 0.5) is 17.1 Å². The Bertz CT molecular complexity index is 1570. The molecule has 0 radical (unpaired) electrons. The van der Waals surface area contributed by atoms with E-state index in [-0.39, 0.29) is 10.9 Å². The van der Waals surface area contributed by atoms with Gasteiger partial charge in [0, 0.05) is 40.8 Å². The molecule has 6 nitrogen and oxygen atoms in total. The number of nitrogens with one attached hydrogen (secondary N) is 1. The van der Waals surface area contributed by atoms with Crippen LogP contribution in [0.3, 0.4) is 0 Å². The zero-order valence-electron chi connectivity index (χ0n) is 20.8. The first-order valence-electron chi connectivity index (χ1n) is 12.0. The topological polar surface area (TPSA) is 65.0 Å². The zero-order chi connectivity index (χ0) is 26.9. The van der Waals surface area contributed by atoms with Crippen molar-refractivity contribution < 1.29 is 8.42 Å². The van der Waals surface area contributed by atoms with Crippen molar-refractivity contribution in [3.05, 3.63) is 117 Å². The van der Waals surface area contributed by atoms with Crippen LogP contribution in [0.1, 0.15) is 23.6 Å². The predicted molar refractivity (Wildman–Crippen MR) is 163 cm³/mol. The Balaban J connectivity index is 1.41. The molecule has 1 aliphatic rings. The lowest BCUT2D eigenvalue weighted by atomic mass is 9.98.